The molecule has 0 saturated carbocycles. The molecule has 2 nitrogen and oxygen atoms in total. The predicted molar refractivity (Wildman–Crippen MR) is 111 cm³/mol. The van der Waals surface area contributed by atoms with Crippen LogP contribution < -0.4 is 2.89 Å². The van der Waals surface area contributed by atoms with Crippen LogP contribution >= 0.6 is 11.5 Å². The topological polar surface area (TPSA) is 16.1 Å². The van der Waals surface area contributed by atoms with E-state index in [1.54, 1.807) is 16.2 Å². The third-order valence-electron chi connectivity index (χ3n) is 5.66. The molecule has 1 aromatic heterocycles. The Kier molecular flexibility index (Phi) is 9.64. The Morgan fingerprint density at radius 2 is 1.62 bits per heavy atom. The fraction of sp³-hybridized carbons (Fsp3) is 0.850. The fourth-order valence-electron chi connectivity index (χ4n) is 4.24. The van der Waals surface area contributed by atoms with Gasteiger partial charge in [0.25, 0.3) is 0 Å². The van der Waals surface area contributed by atoms with Crippen molar-refractivity contribution in [2.75, 3.05) is 13.1 Å². The van der Waals surface area contributed by atoms with E-state index in [1.165, 1.54) is 70.2 Å². The average molecular weight is 457 g/mol. The van der Waals surface area contributed by atoms with E-state index in [-0.39, 0.29) is 0 Å². The van der Waals surface area contributed by atoms with Gasteiger partial charge in [0.2, 0.25) is 0 Å². The zero-order valence-corrected chi connectivity index (χ0v) is 20.0. The molecule has 1 saturated heterocycles. The molecule has 0 aliphatic carbocycles. The van der Waals surface area contributed by atoms with Gasteiger partial charge in [-0.1, -0.05) is 0 Å². The summed E-state index contributed by atoms with van der Waals surface area (Å²) in [5.74, 6) is 0. The molecule has 24 heavy (non-hydrogen) atoms. The van der Waals surface area contributed by atoms with E-state index in [0.29, 0.717) is 0 Å². The average Bonchev–Trinajstić information content (AvgIpc) is 3.07. The van der Waals surface area contributed by atoms with Gasteiger partial charge in [0.15, 0.2) is 0 Å². The first-order chi connectivity index (χ1) is 11.7. The normalized spacial score (nSPS) is 16.6. The second-order valence-electron chi connectivity index (χ2n) is 7.76. The van der Waals surface area contributed by atoms with E-state index in [4.69, 9.17) is 4.37 Å². The van der Waals surface area contributed by atoms with Crippen LogP contribution in [0.25, 0.3) is 0 Å². The summed E-state index contributed by atoms with van der Waals surface area (Å²) >= 11 is -0.300. The molecule has 0 bridgehead atoms. The van der Waals surface area contributed by atoms with Crippen LogP contribution in [0, 0.1) is 0 Å². The van der Waals surface area contributed by atoms with Crippen LogP contribution in [0.3, 0.4) is 0 Å². The number of nitrogens with zero attached hydrogens (tertiary/aromatic N) is 2. The third kappa shape index (κ3) is 5.98. The van der Waals surface area contributed by atoms with E-state index in [0.717, 1.165) is 6.54 Å². The van der Waals surface area contributed by atoms with Gasteiger partial charge in [-0.2, -0.15) is 0 Å². The molecule has 0 spiro atoms. The van der Waals surface area contributed by atoms with Crippen LogP contribution in [-0.2, 0) is 6.54 Å². The minimum absolute atomic E-state index is 1.10. The summed E-state index contributed by atoms with van der Waals surface area (Å²) in [4.78, 5) is 2.62. The molecule has 2 rings (SSSR count). The maximum atomic E-state index is 4.93. The van der Waals surface area contributed by atoms with Crippen LogP contribution in [0.5, 0.6) is 0 Å². The standard InChI is InChI=1S/C9H13N2S.2C4H9.C3H7.Sn/c1-2-5-11(6-3-1)8-9-4-7-12-10-9;2*1-3-4-2;1-3-2;/h4H,1-3,5-6,8H2;2*1,3-4H2,2H3;1,3H2,2H3;. The summed E-state index contributed by atoms with van der Waals surface area (Å²) in [5.41, 5.74) is 1.38. The molecule has 4 heteroatoms. The summed E-state index contributed by atoms with van der Waals surface area (Å²) in [6, 6.07) is 2.57. The minimum atomic E-state index is -2.20. The van der Waals surface area contributed by atoms with E-state index in [9.17, 15) is 0 Å². The number of likely N-dealkylation sites (tertiary alicyclic amines) is 1. The summed E-state index contributed by atoms with van der Waals surface area (Å²) in [6.07, 6.45) is 11.2. The molecule has 0 atom stereocenters. The summed E-state index contributed by atoms with van der Waals surface area (Å²) in [5, 5.41) is 0. The predicted octanol–water partition coefficient (Wildman–Crippen LogP) is 5.80. The van der Waals surface area contributed by atoms with E-state index in [1.807, 2.05) is 11.5 Å². The van der Waals surface area contributed by atoms with Gasteiger partial charge in [-0.25, -0.2) is 0 Å². The van der Waals surface area contributed by atoms with Gasteiger partial charge >= 0.3 is 159 Å². The molecule has 1 fully saturated rings. The summed E-state index contributed by atoms with van der Waals surface area (Å²) in [6.45, 7) is 10.8. The van der Waals surface area contributed by atoms with Crippen LogP contribution in [-0.4, -0.2) is 40.7 Å². The van der Waals surface area contributed by atoms with Crippen LogP contribution in [0.1, 0.15) is 77.8 Å². The van der Waals surface area contributed by atoms with Gasteiger partial charge in [-0.15, -0.1) is 0 Å². The Morgan fingerprint density at radius 1 is 0.958 bits per heavy atom. The van der Waals surface area contributed by atoms with Gasteiger partial charge in [0, 0.05) is 0 Å². The van der Waals surface area contributed by atoms with Crippen LogP contribution in [0.2, 0.25) is 13.3 Å². The van der Waals surface area contributed by atoms with Crippen LogP contribution in [0.4, 0.5) is 0 Å². The molecule has 1 aliphatic heterocycles. The van der Waals surface area contributed by atoms with Crippen molar-refractivity contribution in [3.63, 3.8) is 0 Å². The SMILES string of the molecule is CCC[CH2][Sn]([CH2]CC)([CH2]CCC)[c]1cc(CN2CCCCC2)ns1. The van der Waals surface area contributed by atoms with Crippen molar-refractivity contribution in [3.8, 4) is 0 Å². The first kappa shape index (κ1) is 20.7. The van der Waals surface area contributed by atoms with Gasteiger partial charge in [-0.05, 0) is 0 Å². The maximum absolute atomic E-state index is 4.93. The number of rotatable bonds is 11. The number of piperidine rings is 1. The van der Waals surface area contributed by atoms with Crippen molar-refractivity contribution >= 4 is 32.8 Å². The molecule has 0 aromatic carbocycles. The van der Waals surface area contributed by atoms with Crippen molar-refractivity contribution < 1.29 is 0 Å². The van der Waals surface area contributed by atoms with Gasteiger partial charge in [0.05, 0.1) is 0 Å². The Bertz CT molecular complexity index is 446. The molecule has 1 aromatic rings. The third-order valence-corrected chi connectivity index (χ3v) is 25.0. The van der Waals surface area contributed by atoms with Crippen molar-refractivity contribution in [1.82, 2.24) is 9.27 Å². The summed E-state index contributed by atoms with van der Waals surface area (Å²) < 4.78 is 11.4. The second-order valence-corrected chi connectivity index (χ2v) is 22.7. The molecule has 138 valence electrons. The van der Waals surface area contributed by atoms with Crippen molar-refractivity contribution in [1.29, 1.82) is 0 Å². The van der Waals surface area contributed by atoms with E-state index in [2.05, 4.69) is 31.7 Å². The zero-order chi connectivity index (χ0) is 17.3. The molecule has 0 radical (unpaired) electrons. The molecule has 0 unspecified atom stereocenters. The number of aromatic nitrogens is 1. The molecular formula is C20H38N2SSn. The van der Waals surface area contributed by atoms with Crippen molar-refractivity contribution in [2.24, 2.45) is 0 Å². The Labute approximate surface area is 158 Å². The fourth-order valence-corrected chi connectivity index (χ4v) is 23.3. The number of hydrogen-bond acceptors (Lipinski definition) is 3. The first-order valence-electron chi connectivity index (χ1n) is 10.4. The molecule has 0 N–H and O–H groups in total. The Balaban J connectivity index is 2.11. The van der Waals surface area contributed by atoms with Gasteiger partial charge < -0.3 is 0 Å². The van der Waals surface area contributed by atoms with E-state index < -0.39 is 18.4 Å². The summed E-state index contributed by atoms with van der Waals surface area (Å²) in [7, 11) is 0. The molecule has 2 heterocycles. The Hall–Kier alpha value is 0.389. The van der Waals surface area contributed by atoms with Crippen molar-refractivity contribution in [2.45, 2.75) is 92.0 Å². The monoisotopic (exact) mass is 458 g/mol. The van der Waals surface area contributed by atoms with Crippen LogP contribution in [0.15, 0.2) is 6.07 Å². The van der Waals surface area contributed by atoms with E-state index >= 15 is 0 Å². The number of hydrogen-bond donors (Lipinski definition) is 0. The van der Waals surface area contributed by atoms with Gasteiger partial charge in [-0.3, -0.25) is 0 Å². The molecule has 0 amide bonds. The quantitative estimate of drug-likeness (QED) is 0.391. The molecule has 1 aliphatic rings. The molecular weight excluding hydrogens is 419 g/mol. The zero-order valence-electron chi connectivity index (χ0n) is 16.3. The first-order valence-corrected chi connectivity index (χ1v) is 18.7. The number of unbranched alkanes of at least 4 members (excludes halogenated alkanes) is 2. The second kappa shape index (κ2) is 11.2. The van der Waals surface area contributed by atoms with Gasteiger partial charge in [0.1, 0.15) is 0 Å². The van der Waals surface area contributed by atoms with Crippen molar-refractivity contribution in [3.05, 3.63) is 11.8 Å². The Morgan fingerprint density at radius 3 is 2.21 bits per heavy atom.